The molecule has 106 valence electrons. The van der Waals surface area contributed by atoms with Crippen molar-refractivity contribution < 1.29 is 4.74 Å². The molecule has 18 heavy (non-hydrogen) atoms. The Hall–Kier alpha value is -0.120. The first-order chi connectivity index (χ1) is 8.51. The van der Waals surface area contributed by atoms with E-state index in [4.69, 9.17) is 10.5 Å². The fourth-order valence-corrected chi connectivity index (χ4v) is 3.49. The van der Waals surface area contributed by atoms with Gasteiger partial charge in [-0.2, -0.15) is 0 Å². The third kappa shape index (κ3) is 2.89. The summed E-state index contributed by atoms with van der Waals surface area (Å²) in [6.45, 7) is 7.57. The molecule has 0 aromatic rings. The number of hydrogen-bond donors (Lipinski definition) is 1. The van der Waals surface area contributed by atoms with Crippen LogP contribution < -0.4 is 5.73 Å². The van der Waals surface area contributed by atoms with Crippen molar-refractivity contribution in [2.24, 2.45) is 11.7 Å². The van der Waals surface area contributed by atoms with Gasteiger partial charge in [0.2, 0.25) is 0 Å². The summed E-state index contributed by atoms with van der Waals surface area (Å²) in [6, 6.07) is 0. The van der Waals surface area contributed by atoms with Crippen LogP contribution in [0.1, 0.15) is 52.4 Å². The minimum Gasteiger partial charge on any atom is -0.377 e. The number of likely N-dealkylation sites (tertiary alicyclic amines) is 1. The Labute approximate surface area is 112 Å². The van der Waals surface area contributed by atoms with Crippen molar-refractivity contribution in [1.29, 1.82) is 0 Å². The molecule has 0 bridgehead atoms. The lowest BCUT2D eigenvalue weighted by Crippen LogP contribution is -2.60. The van der Waals surface area contributed by atoms with Crippen LogP contribution >= 0.6 is 0 Å². The van der Waals surface area contributed by atoms with Crippen molar-refractivity contribution in [2.75, 3.05) is 26.7 Å². The van der Waals surface area contributed by atoms with Crippen molar-refractivity contribution in [3.63, 3.8) is 0 Å². The first-order valence-corrected chi connectivity index (χ1v) is 7.52. The van der Waals surface area contributed by atoms with E-state index in [-0.39, 0.29) is 11.1 Å². The number of methoxy groups -OCH3 is 1. The van der Waals surface area contributed by atoms with E-state index in [9.17, 15) is 0 Å². The molecule has 2 rings (SSSR count). The summed E-state index contributed by atoms with van der Waals surface area (Å²) in [5.41, 5.74) is 6.31. The molecule has 0 amide bonds. The van der Waals surface area contributed by atoms with Gasteiger partial charge in [-0.1, -0.05) is 19.3 Å². The van der Waals surface area contributed by atoms with Crippen LogP contribution in [0, 0.1) is 5.92 Å². The van der Waals surface area contributed by atoms with Crippen molar-refractivity contribution >= 4 is 0 Å². The van der Waals surface area contributed by atoms with Crippen molar-refractivity contribution in [3.8, 4) is 0 Å². The minimum atomic E-state index is 0.0221. The average Bonchev–Trinajstić information content (AvgIpc) is 2.34. The van der Waals surface area contributed by atoms with Crippen molar-refractivity contribution in [2.45, 2.75) is 63.5 Å². The Morgan fingerprint density at radius 2 is 2.11 bits per heavy atom. The van der Waals surface area contributed by atoms with Gasteiger partial charge in [-0.05, 0) is 45.6 Å². The maximum Gasteiger partial charge on any atom is 0.0777 e. The van der Waals surface area contributed by atoms with Crippen molar-refractivity contribution in [3.05, 3.63) is 0 Å². The average molecular weight is 254 g/mol. The van der Waals surface area contributed by atoms with Gasteiger partial charge in [-0.15, -0.1) is 0 Å². The molecule has 1 aliphatic carbocycles. The first kappa shape index (κ1) is 14.3. The quantitative estimate of drug-likeness (QED) is 0.819. The molecule has 3 heteroatoms. The van der Waals surface area contributed by atoms with Gasteiger partial charge in [-0.25, -0.2) is 0 Å². The Balaban J connectivity index is 2.01. The van der Waals surface area contributed by atoms with Gasteiger partial charge < -0.3 is 10.5 Å². The first-order valence-electron chi connectivity index (χ1n) is 7.52. The third-order valence-corrected chi connectivity index (χ3v) is 5.31. The molecule has 2 unspecified atom stereocenters. The van der Waals surface area contributed by atoms with E-state index in [1.165, 1.54) is 45.1 Å². The van der Waals surface area contributed by atoms with E-state index in [2.05, 4.69) is 18.7 Å². The molecule has 1 heterocycles. The predicted molar refractivity (Wildman–Crippen MR) is 75.6 cm³/mol. The Morgan fingerprint density at radius 3 is 2.61 bits per heavy atom. The molecule has 2 N–H and O–H groups in total. The molecule has 0 spiro atoms. The molecule has 2 atom stereocenters. The highest BCUT2D eigenvalue weighted by Crippen LogP contribution is 2.38. The third-order valence-electron chi connectivity index (χ3n) is 5.31. The number of nitrogens with two attached hydrogens (primary N) is 1. The predicted octanol–water partition coefficient (Wildman–Crippen LogP) is 2.39. The van der Waals surface area contributed by atoms with Crippen LogP contribution in [0.4, 0.5) is 0 Å². The fourth-order valence-electron chi connectivity index (χ4n) is 3.49. The molecule has 1 saturated heterocycles. The number of rotatable bonds is 5. The standard InChI is InChI=1S/C15H30N2O/c1-14(11-16,10-13-6-4-7-13)17-9-5-8-15(2,12-17)18-3/h13H,4-12,16H2,1-3H3. The van der Waals surface area contributed by atoms with Gasteiger partial charge in [0.15, 0.2) is 0 Å². The summed E-state index contributed by atoms with van der Waals surface area (Å²) < 4.78 is 5.71. The Morgan fingerprint density at radius 1 is 1.39 bits per heavy atom. The molecule has 0 aromatic carbocycles. The zero-order chi connectivity index (χ0) is 13.2. The second kappa shape index (κ2) is 5.48. The zero-order valence-electron chi connectivity index (χ0n) is 12.4. The normalized spacial score (nSPS) is 34.0. The highest BCUT2D eigenvalue weighted by atomic mass is 16.5. The maximum absolute atomic E-state index is 6.11. The van der Waals surface area contributed by atoms with E-state index in [1.807, 2.05) is 7.11 Å². The molecule has 0 radical (unpaired) electrons. The van der Waals surface area contributed by atoms with Crippen LogP contribution in [0.3, 0.4) is 0 Å². The number of nitrogens with zero attached hydrogens (tertiary/aromatic N) is 1. The molecule has 1 aliphatic heterocycles. The number of ether oxygens (including phenoxy) is 1. The van der Waals surface area contributed by atoms with Gasteiger partial charge in [0.1, 0.15) is 0 Å². The summed E-state index contributed by atoms with van der Waals surface area (Å²) >= 11 is 0. The van der Waals surface area contributed by atoms with Gasteiger partial charge in [0.05, 0.1) is 5.60 Å². The highest BCUT2D eigenvalue weighted by Gasteiger charge is 2.40. The largest absolute Gasteiger partial charge is 0.377 e. The van der Waals surface area contributed by atoms with Crippen LogP contribution in [0.25, 0.3) is 0 Å². The molecular formula is C15H30N2O. The van der Waals surface area contributed by atoms with E-state index < -0.39 is 0 Å². The maximum atomic E-state index is 6.11. The van der Waals surface area contributed by atoms with E-state index in [0.717, 1.165) is 19.0 Å². The van der Waals surface area contributed by atoms with E-state index in [1.54, 1.807) is 0 Å². The molecule has 0 aromatic heterocycles. The summed E-state index contributed by atoms with van der Waals surface area (Å²) in [5, 5.41) is 0. The molecular weight excluding hydrogens is 224 g/mol. The minimum absolute atomic E-state index is 0.0221. The van der Waals surface area contributed by atoms with E-state index in [0.29, 0.717) is 0 Å². The molecule has 3 nitrogen and oxygen atoms in total. The van der Waals surface area contributed by atoms with Gasteiger partial charge in [-0.3, -0.25) is 4.90 Å². The van der Waals surface area contributed by atoms with Gasteiger partial charge >= 0.3 is 0 Å². The SMILES string of the molecule is COC1(C)CCCN(C(C)(CN)CC2CCC2)C1. The summed E-state index contributed by atoms with van der Waals surface area (Å²) in [6.07, 6.45) is 7.90. The molecule has 1 saturated carbocycles. The fraction of sp³-hybridized carbons (Fsp3) is 1.00. The molecule has 2 fully saturated rings. The lowest BCUT2D eigenvalue weighted by molar-refractivity contribution is -0.0824. The van der Waals surface area contributed by atoms with Crippen molar-refractivity contribution in [1.82, 2.24) is 4.90 Å². The second-order valence-electron chi connectivity index (χ2n) is 6.88. The van der Waals surface area contributed by atoms with Crippen LogP contribution in [0.2, 0.25) is 0 Å². The lowest BCUT2D eigenvalue weighted by atomic mass is 9.75. The van der Waals surface area contributed by atoms with Crippen LogP contribution in [0.15, 0.2) is 0 Å². The van der Waals surface area contributed by atoms with Crippen LogP contribution in [-0.2, 0) is 4.74 Å². The topological polar surface area (TPSA) is 38.5 Å². The second-order valence-corrected chi connectivity index (χ2v) is 6.88. The number of piperidine rings is 1. The smallest absolute Gasteiger partial charge is 0.0777 e. The zero-order valence-corrected chi connectivity index (χ0v) is 12.4. The van der Waals surface area contributed by atoms with Gasteiger partial charge in [0, 0.05) is 25.7 Å². The Bertz CT molecular complexity index is 280. The van der Waals surface area contributed by atoms with E-state index >= 15 is 0 Å². The Kier molecular flexibility index (Phi) is 4.35. The summed E-state index contributed by atoms with van der Waals surface area (Å²) in [7, 11) is 1.84. The van der Waals surface area contributed by atoms with Gasteiger partial charge in [0.25, 0.3) is 0 Å². The summed E-state index contributed by atoms with van der Waals surface area (Å²) in [4.78, 5) is 2.60. The lowest BCUT2D eigenvalue weighted by Gasteiger charge is -2.50. The summed E-state index contributed by atoms with van der Waals surface area (Å²) in [5.74, 6) is 0.911. The van der Waals surface area contributed by atoms with Crippen LogP contribution in [0.5, 0.6) is 0 Å². The monoisotopic (exact) mass is 254 g/mol. The number of hydrogen-bond acceptors (Lipinski definition) is 3. The molecule has 2 aliphatic rings. The van der Waals surface area contributed by atoms with Crippen LogP contribution in [-0.4, -0.2) is 42.8 Å². The highest BCUT2D eigenvalue weighted by molar-refractivity contribution is 4.96.